The molecule has 0 radical (unpaired) electrons. The van der Waals surface area contributed by atoms with E-state index in [1.165, 1.54) is 0 Å². The molecule has 1 spiro atoms. The quantitative estimate of drug-likeness (QED) is 0.772. The number of nitriles is 1. The maximum absolute atomic E-state index is 12.7. The summed E-state index contributed by atoms with van der Waals surface area (Å²) in [6.07, 6.45) is 5.67. The second-order valence-corrected chi connectivity index (χ2v) is 10.1. The number of amides is 1. The molecule has 4 rings (SSSR count). The molecule has 0 N–H and O–H groups in total. The molecule has 7 heteroatoms. The van der Waals surface area contributed by atoms with E-state index in [4.69, 9.17) is 0 Å². The number of nitrogens with zero attached hydrogens (tertiary/aromatic N) is 3. The van der Waals surface area contributed by atoms with Crippen molar-refractivity contribution < 1.29 is 13.2 Å². The van der Waals surface area contributed by atoms with Crippen molar-refractivity contribution in [2.45, 2.75) is 50.2 Å². The van der Waals surface area contributed by atoms with E-state index >= 15 is 0 Å². The van der Waals surface area contributed by atoms with Crippen molar-refractivity contribution >= 4 is 15.9 Å². The smallest absolute Gasteiger partial charge is 0.243 e. The van der Waals surface area contributed by atoms with Crippen LogP contribution in [0.2, 0.25) is 0 Å². The second kappa shape index (κ2) is 4.93. The lowest BCUT2D eigenvalue weighted by molar-refractivity contribution is -0.150. The molecule has 0 aromatic heterocycles. The van der Waals surface area contributed by atoms with Crippen LogP contribution in [-0.4, -0.2) is 55.0 Å². The minimum absolute atomic E-state index is 0.0216. The first-order valence-electron chi connectivity index (χ1n) is 8.61. The zero-order chi connectivity index (χ0) is 16.3. The van der Waals surface area contributed by atoms with Crippen molar-refractivity contribution in [1.82, 2.24) is 9.21 Å². The molecule has 0 aromatic rings. The Hall–Kier alpha value is -1.13. The van der Waals surface area contributed by atoms with Gasteiger partial charge >= 0.3 is 0 Å². The lowest BCUT2D eigenvalue weighted by Crippen LogP contribution is -2.62. The minimum Gasteiger partial charge on any atom is -0.340 e. The largest absolute Gasteiger partial charge is 0.340 e. The van der Waals surface area contributed by atoms with Gasteiger partial charge in [-0.2, -0.15) is 5.26 Å². The summed E-state index contributed by atoms with van der Waals surface area (Å²) in [6, 6.07) is 2.26. The van der Waals surface area contributed by atoms with Crippen molar-refractivity contribution in [2.24, 2.45) is 10.8 Å². The van der Waals surface area contributed by atoms with Crippen LogP contribution in [0.3, 0.4) is 0 Å². The maximum atomic E-state index is 12.7. The highest BCUT2D eigenvalue weighted by Gasteiger charge is 2.56. The summed E-state index contributed by atoms with van der Waals surface area (Å²) in [6.45, 7) is 2.37. The van der Waals surface area contributed by atoms with Gasteiger partial charge in [0.05, 0.1) is 11.3 Å². The normalized spacial score (nSPS) is 29.4. The summed E-state index contributed by atoms with van der Waals surface area (Å²) in [5, 5.41) is 9.29. The number of rotatable bonds is 3. The van der Waals surface area contributed by atoms with Crippen LogP contribution in [0.5, 0.6) is 0 Å². The molecule has 2 aliphatic heterocycles. The van der Waals surface area contributed by atoms with E-state index in [1.807, 2.05) is 0 Å². The standard InChI is InChI=1S/C16H23N3O3S/c17-9-16(5-1-2-6-16)14(20)18-10-15(11-18)7-8-19(12-15)23(21,22)13-3-4-13/h13H,1-8,10-12H2. The van der Waals surface area contributed by atoms with E-state index in [2.05, 4.69) is 6.07 Å². The van der Waals surface area contributed by atoms with Gasteiger partial charge < -0.3 is 4.90 Å². The van der Waals surface area contributed by atoms with Crippen LogP contribution in [0.15, 0.2) is 0 Å². The molecule has 6 nitrogen and oxygen atoms in total. The van der Waals surface area contributed by atoms with E-state index in [-0.39, 0.29) is 16.6 Å². The Kier molecular flexibility index (Phi) is 3.30. The fourth-order valence-corrected chi connectivity index (χ4v) is 6.46. The molecule has 2 heterocycles. The average Bonchev–Trinajstić information content (AvgIpc) is 3.09. The predicted octanol–water partition coefficient (Wildman–Crippen LogP) is 1.10. The Morgan fingerprint density at radius 1 is 1.09 bits per heavy atom. The van der Waals surface area contributed by atoms with Crippen molar-refractivity contribution in [2.75, 3.05) is 26.2 Å². The predicted molar refractivity (Wildman–Crippen MR) is 83.7 cm³/mol. The molecule has 0 unspecified atom stereocenters. The Morgan fingerprint density at radius 3 is 2.30 bits per heavy atom. The van der Waals surface area contributed by atoms with E-state index in [0.717, 1.165) is 32.1 Å². The Bertz CT molecular complexity index is 665. The van der Waals surface area contributed by atoms with Crippen LogP contribution in [0.25, 0.3) is 0 Å². The lowest BCUT2D eigenvalue weighted by Gasteiger charge is -2.49. The molecule has 2 saturated heterocycles. The number of likely N-dealkylation sites (tertiary alicyclic amines) is 1. The van der Waals surface area contributed by atoms with Gasteiger partial charge in [0.15, 0.2) is 0 Å². The van der Waals surface area contributed by atoms with Crippen LogP contribution in [-0.2, 0) is 14.8 Å². The molecule has 4 aliphatic rings. The third-order valence-corrected chi connectivity index (χ3v) is 8.47. The zero-order valence-corrected chi connectivity index (χ0v) is 14.1. The summed E-state index contributed by atoms with van der Waals surface area (Å²) in [5.74, 6) is -0.0216. The Morgan fingerprint density at radius 2 is 1.74 bits per heavy atom. The molecule has 0 aromatic carbocycles. The summed E-state index contributed by atoms with van der Waals surface area (Å²) in [5.41, 5.74) is -0.868. The molecule has 126 valence electrons. The summed E-state index contributed by atoms with van der Waals surface area (Å²) < 4.78 is 26.3. The molecule has 23 heavy (non-hydrogen) atoms. The Labute approximate surface area is 137 Å². The third kappa shape index (κ3) is 2.30. The SMILES string of the molecule is N#CC1(C(=O)N2CC3(CCN(S(=O)(=O)C4CC4)C3)C2)CCCC1. The molecular formula is C16H23N3O3S. The van der Waals surface area contributed by atoms with Gasteiger partial charge in [0.2, 0.25) is 15.9 Å². The molecule has 1 amide bonds. The molecular weight excluding hydrogens is 314 g/mol. The van der Waals surface area contributed by atoms with Gasteiger partial charge in [0.25, 0.3) is 0 Å². The van der Waals surface area contributed by atoms with Crippen LogP contribution < -0.4 is 0 Å². The van der Waals surface area contributed by atoms with E-state index in [0.29, 0.717) is 39.0 Å². The minimum atomic E-state index is -3.11. The van der Waals surface area contributed by atoms with E-state index < -0.39 is 15.4 Å². The number of hydrogen-bond acceptors (Lipinski definition) is 4. The highest BCUT2D eigenvalue weighted by atomic mass is 32.2. The number of hydrogen-bond donors (Lipinski definition) is 0. The number of carbonyl (C=O) groups excluding carboxylic acids is 1. The molecule has 0 bridgehead atoms. The van der Waals surface area contributed by atoms with Gasteiger partial charge in [-0.3, -0.25) is 4.79 Å². The topological polar surface area (TPSA) is 81.5 Å². The average molecular weight is 337 g/mol. The summed E-state index contributed by atoms with van der Waals surface area (Å²) >= 11 is 0. The van der Waals surface area contributed by atoms with Gasteiger partial charge in [-0.15, -0.1) is 0 Å². The first kappa shape index (κ1) is 15.4. The maximum Gasteiger partial charge on any atom is 0.243 e. The van der Waals surface area contributed by atoms with E-state index in [9.17, 15) is 18.5 Å². The fraction of sp³-hybridized carbons (Fsp3) is 0.875. The van der Waals surface area contributed by atoms with Crippen LogP contribution in [0, 0.1) is 22.2 Å². The first-order chi connectivity index (χ1) is 10.9. The highest BCUT2D eigenvalue weighted by molar-refractivity contribution is 7.90. The van der Waals surface area contributed by atoms with E-state index in [1.54, 1.807) is 9.21 Å². The second-order valence-electron chi connectivity index (χ2n) is 7.89. The Balaban J connectivity index is 1.40. The van der Waals surface area contributed by atoms with Gasteiger partial charge in [0.1, 0.15) is 5.41 Å². The first-order valence-corrected chi connectivity index (χ1v) is 10.1. The highest BCUT2D eigenvalue weighted by Crippen LogP contribution is 2.46. The van der Waals surface area contributed by atoms with Crippen LogP contribution in [0.1, 0.15) is 44.9 Å². The monoisotopic (exact) mass is 337 g/mol. The lowest BCUT2D eigenvalue weighted by atomic mass is 9.76. The molecule has 4 fully saturated rings. The van der Waals surface area contributed by atoms with Crippen LogP contribution in [0.4, 0.5) is 0 Å². The van der Waals surface area contributed by atoms with Crippen LogP contribution >= 0.6 is 0 Å². The van der Waals surface area contributed by atoms with Crippen molar-refractivity contribution in [3.8, 4) is 6.07 Å². The van der Waals surface area contributed by atoms with Crippen molar-refractivity contribution in [3.05, 3.63) is 0 Å². The third-order valence-electron chi connectivity index (χ3n) is 6.13. The summed E-state index contributed by atoms with van der Waals surface area (Å²) in [7, 11) is -3.11. The zero-order valence-electron chi connectivity index (χ0n) is 13.3. The van der Waals surface area contributed by atoms with Gasteiger partial charge in [-0.1, -0.05) is 12.8 Å². The number of sulfonamides is 1. The molecule has 0 atom stereocenters. The van der Waals surface area contributed by atoms with Gasteiger partial charge in [0, 0.05) is 31.6 Å². The van der Waals surface area contributed by atoms with Gasteiger partial charge in [-0.05, 0) is 32.1 Å². The fourth-order valence-electron chi connectivity index (χ4n) is 4.51. The van der Waals surface area contributed by atoms with Crippen molar-refractivity contribution in [3.63, 3.8) is 0 Å². The number of carbonyl (C=O) groups is 1. The van der Waals surface area contributed by atoms with Gasteiger partial charge in [-0.25, -0.2) is 12.7 Å². The van der Waals surface area contributed by atoms with Crippen molar-refractivity contribution in [1.29, 1.82) is 5.26 Å². The molecule has 2 saturated carbocycles. The summed E-state index contributed by atoms with van der Waals surface area (Å²) in [4.78, 5) is 14.5. The molecule has 2 aliphatic carbocycles.